The van der Waals surface area contributed by atoms with Gasteiger partial charge in [-0.25, -0.2) is 0 Å². The van der Waals surface area contributed by atoms with Crippen LogP contribution in [-0.2, 0) is 4.79 Å². The Kier molecular flexibility index (Phi) is 8.48. The Hall–Kier alpha value is -0.280. The second-order valence-corrected chi connectivity index (χ2v) is 2.02. The molecule has 62 valence electrons. The first-order valence-electron chi connectivity index (χ1n) is 3.15. The van der Waals surface area contributed by atoms with E-state index in [1.807, 2.05) is 6.92 Å². The van der Waals surface area contributed by atoms with Crippen molar-refractivity contribution in [2.24, 2.45) is 11.7 Å². The van der Waals surface area contributed by atoms with Gasteiger partial charge in [0.1, 0.15) is 0 Å². The van der Waals surface area contributed by atoms with Crippen molar-refractivity contribution in [1.82, 2.24) is 0 Å². The minimum absolute atomic E-state index is 0. The predicted octanol–water partition coefficient (Wildman–Crippen LogP) is 0.868. The molecule has 3 N–H and O–H groups in total. The Balaban J connectivity index is 0. The highest BCUT2D eigenvalue weighted by Crippen LogP contribution is 2.05. The first-order chi connectivity index (χ1) is 4.22. The van der Waals surface area contributed by atoms with E-state index in [0.717, 1.165) is 0 Å². The highest BCUT2D eigenvalue weighted by Gasteiger charge is 2.12. The Bertz CT molecular complexity index is 97.7. The number of nitrogens with two attached hydrogens (primary N) is 1. The van der Waals surface area contributed by atoms with Gasteiger partial charge in [-0.1, -0.05) is 6.92 Å². The summed E-state index contributed by atoms with van der Waals surface area (Å²) < 4.78 is 0. The van der Waals surface area contributed by atoms with E-state index in [9.17, 15) is 4.79 Å². The van der Waals surface area contributed by atoms with Gasteiger partial charge in [0, 0.05) is 0 Å². The molecule has 1 unspecified atom stereocenters. The minimum Gasteiger partial charge on any atom is -0.481 e. The molecule has 0 saturated carbocycles. The summed E-state index contributed by atoms with van der Waals surface area (Å²) in [6.45, 7) is 2.32. The van der Waals surface area contributed by atoms with Crippen molar-refractivity contribution in [2.45, 2.75) is 19.8 Å². The summed E-state index contributed by atoms with van der Waals surface area (Å²) in [6, 6.07) is 0. The number of rotatable bonds is 4. The van der Waals surface area contributed by atoms with Crippen molar-refractivity contribution in [3.8, 4) is 0 Å². The lowest BCUT2D eigenvalue weighted by atomic mass is 10.0. The minimum atomic E-state index is -0.733. The van der Waals surface area contributed by atoms with E-state index < -0.39 is 5.97 Å². The second kappa shape index (κ2) is 6.83. The first-order valence-corrected chi connectivity index (χ1v) is 3.15. The van der Waals surface area contributed by atoms with Gasteiger partial charge in [0.05, 0.1) is 5.92 Å². The number of halogens is 1. The van der Waals surface area contributed by atoms with E-state index in [2.05, 4.69) is 0 Å². The molecular weight excluding hydrogens is 154 g/mol. The van der Waals surface area contributed by atoms with Crippen LogP contribution in [0.1, 0.15) is 19.8 Å². The van der Waals surface area contributed by atoms with Crippen LogP contribution in [0.3, 0.4) is 0 Å². The van der Waals surface area contributed by atoms with E-state index in [1.165, 1.54) is 0 Å². The quantitative estimate of drug-likeness (QED) is 0.653. The summed E-state index contributed by atoms with van der Waals surface area (Å²) in [5.41, 5.74) is 5.18. The molecule has 0 fully saturated rings. The summed E-state index contributed by atoms with van der Waals surface area (Å²) in [7, 11) is 0. The lowest BCUT2D eigenvalue weighted by Crippen LogP contribution is -2.16. The lowest BCUT2D eigenvalue weighted by Gasteiger charge is -2.05. The van der Waals surface area contributed by atoms with Crippen LogP contribution in [0.25, 0.3) is 0 Å². The monoisotopic (exact) mass is 167 g/mol. The third kappa shape index (κ3) is 4.58. The van der Waals surface area contributed by atoms with E-state index >= 15 is 0 Å². The van der Waals surface area contributed by atoms with Gasteiger partial charge in [0.15, 0.2) is 0 Å². The molecule has 4 heteroatoms. The van der Waals surface area contributed by atoms with Gasteiger partial charge in [-0.15, -0.1) is 12.4 Å². The summed E-state index contributed by atoms with van der Waals surface area (Å²) in [5.74, 6) is -0.974. The summed E-state index contributed by atoms with van der Waals surface area (Å²) in [4.78, 5) is 10.3. The van der Waals surface area contributed by atoms with Crippen LogP contribution in [0.2, 0.25) is 0 Å². The average molecular weight is 168 g/mol. The van der Waals surface area contributed by atoms with Crippen molar-refractivity contribution in [1.29, 1.82) is 0 Å². The summed E-state index contributed by atoms with van der Waals surface area (Å²) >= 11 is 0. The molecule has 0 heterocycles. The maximum atomic E-state index is 10.3. The Morgan fingerprint density at radius 1 is 1.70 bits per heavy atom. The predicted molar refractivity (Wildman–Crippen MR) is 42.3 cm³/mol. The van der Waals surface area contributed by atoms with Gasteiger partial charge in [-0.2, -0.15) is 0 Å². The molecule has 0 aliphatic heterocycles. The fourth-order valence-corrected chi connectivity index (χ4v) is 0.703. The highest BCUT2D eigenvalue weighted by atomic mass is 35.5. The molecule has 0 saturated heterocycles. The largest absolute Gasteiger partial charge is 0.481 e. The normalized spacial score (nSPS) is 11.8. The molecule has 0 aromatic carbocycles. The van der Waals surface area contributed by atoms with Crippen LogP contribution in [0.5, 0.6) is 0 Å². The SMILES string of the molecule is CCC(CCN)C(=O)O.Cl. The topological polar surface area (TPSA) is 63.3 Å². The molecule has 1 atom stereocenters. The zero-order valence-electron chi connectivity index (χ0n) is 6.04. The number of carbonyl (C=O) groups is 1. The van der Waals surface area contributed by atoms with E-state index in [0.29, 0.717) is 19.4 Å². The highest BCUT2D eigenvalue weighted by molar-refractivity contribution is 5.85. The zero-order valence-corrected chi connectivity index (χ0v) is 6.86. The smallest absolute Gasteiger partial charge is 0.306 e. The van der Waals surface area contributed by atoms with Crippen LogP contribution in [-0.4, -0.2) is 17.6 Å². The fourth-order valence-electron chi connectivity index (χ4n) is 0.703. The van der Waals surface area contributed by atoms with Gasteiger partial charge < -0.3 is 10.8 Å². The van der Waals surface area contributed by atoms with E-state index in [-0.39, 0.29) is 18.3 Å². The molecule has 3 nitrogen and oxygen atoms in total. The molecule has 0 aliphatic rings. The maximum absolute atomic E-state index is 10.3. The van der Waals surface area contributed by atoms with Gasteiger partial charge >= 0.3 is 5.97 Å². The van der Waals surface area contributed by atoms with Crippen molar-refractivity contribution in [3.63, 3.8) is 0 Å². The third-order valence-electron chi connectivity index (χ3n) is 1.36. The van der Waals surface area contributed by atoms with Crippen molar-refractivity contribution in [2.75, 3.05) is 6.54 Å². The molecule has 0 rings (SSSR count). The molecule has 0 spiro atoms. The average Bonchev–Trinajstić information content (AvgIpc) is 1.82. The second-order valence-electron chi connectivity index (χ2n) is 2.02. The van der Waals surface area contributed by atoms with Gasteiger partial charge in [0.2, 0.25) is 0 Å². The van der Waals surface area contributed by atoms with Crippen molar-refractivity contribution < 1.29 is 9.90 Å². The third-order valence-corrected chi connectivity index (χ3v) is 1.36. The van der Waals surface area contributed by atoms with Crippen LogP contribution in [0.4, 0.5) is 0 Å². The van der Waals surface area contributed by atoms with Gasteiger partial charge in [-0.3, -0.25) is 4.79 Å². The number of aliphatic carboxylic acids is 1. The van der Waals surface area contributed by atoms with Gasteiger partial charge in [0.25, 0.3) is 0 Å². The van der Waals surface area contributed by atoms with Crippen LogP contribution >= 0.6 is 12.4 Å². The molecule has 0 aromatic heterocycles. The molecule has 0 aromatic rings. The maximum Gasteiger partial charge on any atom is 0.306 e. The first kappa shape index (κ1) is 12.4. The standard InChI is InChI=1S/C6H13NO2.ClH/c1-2-5(3-4-7)6(8)9;/h5H,2-4,7H2,1H3,(H,8,9);1H. The molecule has 0 bridgehead atoms. The summed E-state index contributed by atoms with van der Waals surface area (Å²) in [5, 5.41) is 8.45. The summed E-state index contributed by atoms with van der Waals surface area (Å²) in [6.07, 6.45) is 1.26. The molecule has 0 radical (unpaired) electrons. The van der Waals surface area contributed by atoms with E-state index in [1.54, 1.807) is 0 Å². The van der Waals surface area contributed by atoms with Crippen LogP contribution in [0.15, 0.2) is 0 Å². The Labute approximate surface area is 67.0 Å². The number of carboxylic acid groups (broad SMARTS) is 1. The van der Waals surface area contributed by atoms with Crippen molar-refractivity contribution in [3.05, 3.63) is 0 Å². The number of hydrogen-bond acceptors (Lipinski definition) is 2. The van der Waals surface area contributed by atoms with E-state index in [4.69, 9.17) is 10.8 Å². The molecule has 0 amide bonds. The Morgan fingerprint density at radius 2 is 2.20 bits per heavy atom. The zero-order chi connectivity index (χ0) is 7.28. The Morgan fingerprint density at radius 3 is 2.30 bits per heavy atom. The number of carboxylic acids is 1. The van der Waals surface area contributed by atoms with Gasteiger partial charge in [-0.05, 0) is 19.4 Å². The fraction of sp³-hybridized carbons (Fsp3) is 0.833. The van der Waals surface area contributed by atoms with Crippen LogP contribution in [0, 0.1) is 5.92 Å². The van der Waals surface area contributed by atoms with Crippen molar-refractivity contribution >= 4 is 18.4 Å². The van der Waals surface area contributed by atoms with Crippen LogP contribution < -0.4 is 5.73 Å². The molecular formula is C6H14ClNO2. The molecule has 0 aliphatic carbocycles. The molecule has 10 heavy (non-hydrogen) atoms. The lowest BCUT2D eigenvalue weighted by molar-refractivity contribution is -0.141. The number of hydrogen-bond donors (Lipinski definition) is 2.